The first-order valence-electron chi connectivity index (χ1n) is 9.76. The van der Waals surface area contributed by atoms with E-state index in [9.17, 15) is 4.79 Å². The summed E-state index contributed by atoms with van der Waals surface area (Å²) in [5.41, 5.74) is 4.77. The van der Waals surface area contributed by atoms with E-state index in [2.05, 4.69) is 53.7 Å². The molecule has 2 aromatic carbocycles. The van der Waals surface area contributed by atoms with Gasteiger partial charge < -0.3 is 10.6 Å². The topological polar surface area (TPSA) is 54.0 Å². The van der Waals surface area contributed by atoms with Crippen molar-refractivity contribution in [2.24, 2.45) is 0 Å². The lowest BCUT2D eigenvalue weighted by Gasteiger charge is -2.10. The van der Waals surface area contributed by atoms with Crippen LogP contribution in [0.3, 0.4) is 0 Å². The summed E-state index contributed by atoms with van der Waals surface area (Å²) in [6.07, 6.45) is 5.38. The van der Waals surface area contributed by atoms with Gasteiger partial charge in [0.25, 0.3) is 5.91 Å². The molecule has 0 radical (unpaired) electrons. The Morgan fingerprint density at radius 2 is 1.71 bits per heavy atom. The Hall–Kier alpha value is -3.14. The zero-order chi connectivity index (χ0) is 19.8. The largest absolute Gasteiger partial charge is 0.384 e. The Bertz CT molecular complexity index is 889. The second-order valence-electron chi connectivity index (χ2n) is 7.21. The number of hydrogen-bond acceptors (Lipinski definition) is 3. The molecule has 0 aliphatic carbocycles. The first kappa shape index (κ1) is 19.6. The number of amides is 1. The molecular weight excluding hydrogens is 346 g/mol. The summed E-state index contributed by atoms with van der Waals surface area (Å²) in [5.74, 6) is 0.316. The number of hydrogen-bond donors (Lipinski definition) is 2. The van der Waals surface area contributed by atoms with Crippen LogP contribution < -0.4 is 10.6 Å². The van der Waals surface area contributed by atoms with Crippen LogP contribution in [0, 0.1) is 0 Å². The SMILES string of the molecule is CC(C)c1ccc(NC(=O)c2cncc(NCCCc3ccccc3)c2)cc1. The first-order valence-corrected chi connectivity index (χ1v) is 9.76. The minimum absolute atomic E-state index is 0.155. The van der Waals surface area contributed by atoms with Crippen molar-refractivity contribution in [3.8, 4) is 0 Å². The van der Waals surface area contributed by atoms with Crippen molar-refractivity contribution < 1.29 is 4.79 Å². The third-order valence-corrected chi connectivity index (χ3v) is 4.65. The molecule has 4 heteroatoms. The van der Waals surface area contributed by atoms with E-state index in [0.717, 1.165) is 30.8 Å². The van der Waals surface area contributed by atoms with E-state index < -0.39 is 0 Å². The standard InChI is InChI=1S/C24H27N3O/c1-18(2)20-10-12-22(13-11-20)27-24(28)21-15-23(17-25-16-21)26-14-6-9-19-7-4-3-5-8-19/h3-5,7-8,10-13,15-18,26H,6,9,14H2,1-2H3,(H,27,28). The van der Waals surface area contributed by atoms with E-state index in [0.29, 0.717) is 11.5 Å². The Balaban J connectivity index is 1.52. The van der Waals surface area contributed by atoms with Crippen molar-refractivity contribution in [1.82, 2.24) is 4.98 Å². The lowest BCUT2D eigenvalue weighted by molar-refractivity contribution is 0.102. The van der Waals surface area contributed by atoms with Crippen molar-refractivity contribution >= 4 is 17.3 Å². The maximum atomic E-state index is 12.5. The van der Waals surface area contributed by atoms with Crippen LogP contribution in [-0.4, -0.2) is 17.4 Å². The second-order valence-corrected chi connectivity index (χ2v) is 7.21. The minimum Gasteiger partial charge on any atom is -0.384 e. The lowest BCUT2D eigenvalue weighted by Crippen LogP contribution is -2.13. The zero-order valence-corrected chi connectivity index (χ0v) is 16.5. The van der Waals surface area contributed by atoms with Gasteiger partial charge in [0.05, 0.1) is 11.3 Å². The fourth-order valence-corrected chi connectivity index (χ4v) is 2.99. The van der Waals surface area contributed by atoms with Crippen LogP contribution in [-0.2, 0) is 6.42 Å². The van der Waals surface area contributed by atoms with E-state index in [1.807, 2.05) is 36.4 Å². The number of rotatable bonds is 8. The fourth-order valence-electron chi connectivity index (χ4n) is 2.99. The van der Waals surface area contributed by atoms with Gasteiger partial charge in [0.1, 0.15) is 0 Å². The summed E-state index contributed by atoms with van der Waals surface area (Å²) in [5, 5.41) is 6.29. The molecule has 0 fully saturated rings. The van der Waals surface area contributed by atoms with Gasteiger partial charge in [-0.2, -0.15) is 0 Å². The van der Waals surface area contributed by atoms with Gasteiger partial charge in [-0.15, -0.1) is 0 Å². The molecule has 0 bridgehead atoms. The lowest BCUT2D eigenvalue weighted by atomic mass is 10.0. The van der Waals surface area contributed by atoms with Crippen LogP contribution in [0.15, 0.2) is 73.1 Å². The number of aryl methyl sites for hydroxylation is 1. The number of aromatic nitrogens is 1. The number of anilines is 2. The van der Waals surface area contributed by atoms with Crippen LogP contribution >= 0.6 is 0 Å². The van der Waals surface area contributed by atoms with Crippen LogP contribution in [0.2, 0.25) is 0 Å². The predicted molar refractivity (Wildman–Crippen MR) is 116 cm³/mol. The van der Waals surface area contributed by atoms with Crippen molar-refractivity contribution in [2.45, 2.75) is 32.6 Å². The highest BCUT2D eigenvalue weighted by atomic mass is 16.1. The maximum absolute atomic E-state index is 12.5. The molecule has 1 amide bonds. The molecule has 0 saturated heterocycles. The van der Waals surface area contributed by atoms with Gasteiger partial charge >= 0.3 is 0 Å². The molecule has 4 nitrogen and oxygen atoms in total. The van der Waals surface area contributed by atoms with Crippen LogP contribution in [0.5, 0.6) is 0 Å². The monoisotopic (exact) mass is 373 g/mol. The molecule has 0 aliphatic heterocycles. The van der Waals surface area contributed by atoms with Crippen LogP contribution in [0.1, 0.15) is 47.7 Å². The Kier molecular flexibility index (Phi) is 6.79. The highest BCUT2D eigenvalue weighted by Gasteiger charge is 2.08. The van der Waals surface area contributed by atoms with Gasteiger partial charge in [0, 0.05) is 24.6 Å². The highest BCUT2D eigenvalue weighted by molar-refractivity contribution is 6.04. The molecule has 0 aliphatic rings. The normalized spacial score (nSPS) is 10.7. The van der Waals surface area contributed by atoms with E-state index in [-0.39, 0.29) is 5.91 Å². The molecule has 1 heterocycles. The van der Waals surface area contributed by atoms with Crippen LogP contribution in [0.4, 0.5) is 11.4 Å². The molecular formula is C24H27N3O. The third kappa shape index (κ3) is 5.68. The summed E-state index contributed by atoms with van der Waals surface area (Å²) in [4.78, 5) is 16.7. The number of benzene rings is 2. The molecule has 1 aromatic heterocycles. The zero-order valence-electron chi connectivity index (χ0n) is 16.5. The van der Waals surface area contributed by atoms with Gasteiger partial charge in [-0.25, -0.2) is 0 Å². The second kappa shape index (κ2) is 9.70. The number of nitrogens with zero attached hydrogens (tertiary/aromatic N) is 1. The van der Waals surface area contributed by atoms with Crippen molar-refractivity contribution in [3.05, 3.63) is 89.7 Å². The minimum atomic E-state index is -0.155. The quantitative estimate of drug-likeness (QED) is 0.513. The van der Waals surface area contributed by atoms with Crippen molar-refractivity contribution in [3.63, 3.8) is 0 Å². The van der Waals surface area contributed by atoms with E-state index in [1.165, 1.54) is 11.1 Å². The summed E-state index contributed by atoms with van der Waals surface area (Å²) >= 11 is 0. The van der Waals surface area contributed by atoms with E-state index in [4.69, 9.17) is 0 Å². The van der Waals surface area contributed by atoms with Gasteiger partial charge in [0.2, 0.25) is 0 Å². The number of carbonyl (C=O) groups is 1. The maximum Gasteiger partial charge on any atom is 0.257 e. The van der Waals surface area contributed by atoms with Gasteiger partial charge in [0.15, 0.2) is 0 Å². The summed E-state index contributed by atoms with van der Waals surface area (Å²) in [6.45, 7) is 5.13. The molecule has 2 N–H and O–H groups in total. The molecule has 0 spiro atoms. The average Bonchev–Trinajstić information content (AvgIpc) is 2.72. The van der Waals surface area contributed by atoms with Gasteiger partial charge in [-0.1, -0.05) is 56.3 Å². The average molecular weight is 374 g/mol. The van der Waals surface area contributed by atoms with Crippen LogP contribution in [0.25, 0.3) is 0 Å². The highest BCUT2D eigenvalue weighted by Crippen LogP contribution is 2.18. The Labute approximate surface area is 167 Å². The smallest absolute Gasteiger partial charge is 0.257 e. The molecule has 0 unspecified atom stereocenters. The van der Waals surface area contributed by atoms with Gasteiger partial charge in [-0.05, 0) is 48.1 Å². The fraction of sp³-hybridized carbons (Fsp3) is 0.250. The predicted octanol–water partition coefficient (Wildman–Crippen LogP) is 5.50. The summed E-state index contributed by atoms with van der Waals surface area (Å²) in [6, 6.07) is 20.2. The van der Waals surface area contributed by atoms with E-state index in [1.54, 1.807) is 12.4 Å². The summed E-state index contributed by atoms with van der Waals surface area (Å²) < 4.78 is 0. The Morgan fingerprint density at radius 3 is 2.43 bits per heavy atom. The number of pyridine rings is 1. The number of nitrogens with one attached hydrogen (secondary N) is 2. The van der Waals surface area contributed by atoms with E-state index >= 15 is 0 Å². The molecule has 3 rings (SSSR count). The van der Waals surface area contributed by atoms with Crippen molar-refractivity contribution in [2.75, 3.05) is 17.2 Å². The Morgan fingerprint density at radius 1 is 0.964 bits per heavy atom. The molecule has 28 heavy (non-hydrogen) atoms. The molecule has 0 saturated carbocycles. The summed E-state index contributed by atoms with van der Waals surface area (Å²) in [7, 11) is 0. The molecule has 3 aromatic rings. The number of carbonyl (C=O) groups excluding carboxylic acids is 1. The molecule has 0 atom stereocenters. The first-order chi connectivity index (χ1) is 13.6. The van der Waals surface area contributed by atoms with Crippen molar-refractivity contribution in [1.29, 1.82) is 0 Å². The molecule has 144 valence electrons. The third-order valence-electron chi connectivity index (χ3n) is 4.65. The van der Waals surface area contributed by atoms with Gasteiger partial charge in [-0.3, -0.25) is 9.78 Å².